The van der Waals surface area contributed by atoms with Crippen LogP contribution in [0.25, 0.3) is 0 Å². The molecule has 0 saturated heterocycles. The highest BCUT2D eigenvalue weighted by Crippen LogP contribution is 2.39. The minimum absolute atomic E-state index is 0.209. The summed E-state index contributed by atoms with van der Waals surface area (Å²) in [5.74, 6) is 0.634. The van der Waals surface area contributed by atoms with Gasteiger partial charge >= 0.3 is 0 Å². The van der Waals surface area contributed by atoms with Crippen molar-refractivity contribution in [3.63, 3.8) is 0 Å². The van der Waals surface area contributed by atoms with E-state index < -0.39 is 0 Å². The molecule has 0 aliphatic carbocycles. The Labute approximate surface area is 114 Å². The van der Waals surface area contributed by atoms with E-state index in [1.54, 1.807) is 5.57 Å². The molecule has 0 aromatic carbocycles. The minimum atomic E-state index is 0.209. The van der Waals surface area contributed by atoms with Crippen LogP contribution in [0.4, 0.5) is 0 Å². The molecule has 0 saturated carbocycles. The van der Waals surface area contributed by atoms with Gasteiger partial charge in [0.05, 0.1) is 0 Å². The standard InChI is InChI=1S/C17H31N/c1-6-8-9-10-12-15-13-18-16(17(15,4)5)14(3)11-7-2/h13-14H,6-12H2,1-5H3. The van der Waals surface area contributed by atoms with Crippen molar-refractivity contribution in [1.29, 1.82) is 0 Å². The molecule has 18 heavy (non-hydrogen) atoms. The van der Waals surface area contributed by atoms with Gasteiger partial charge in [-0.1, -0.05) is 60.3 Å². The molecule has 0 radical (unpaired) electrons. The first-order valence-electron chi connectivity index (χ1n) is 7.81. The Morgan fingerprint density at radius 2 is 1.83 bits per heavy atom. The van der Waals surface area contributed by atoms with Crippen molar-refractivity contribution in [2.45, 2.75) is 79.6 Å². The van der Waals surface area contributed by atoms with Gasteiger partial charge in [0.25, 0.3) is 0 Å². The number of aliphatic imine (C=N–C) groups is 1. The highest BCUT2D eigenvalue weighted by molar-refractivity contribution is 5.96. The normalized spacial score (nSPS) is 19.6. The predicted molar refractivity (Wildman–Crippen MR) is 82.1 cm³/mol. The summed E-state index contributed by atoms with van der Waals surface area (Å²) in [5.41, 5.74) is 3.17. The van der Waals surface area contributed by atoms with Gasteiger partial charge in [-0.25, -0.2) is 0 Å². The van der Waals surface area contributed by atoms with Crippen molar-refractivity contribution >= 4 is 5.71 Å². The molecule has 1 heterocycles. The Bertz CT molecular complexity index is 310. The molecule has 1 nitrogen and oxygen atoms in total. The molecule has 0 aromatic rings. The van der Waals surface area contributed by atoms with E-state index in [1.165, 1.54) is 50.7 Å². The van der Waals surface area contributed by atoms with Crippen molar-refractivity contribution in [1.82, 2.24) is 0 Å². The minimum Gasteiger partial charge on any atom is -0.265 e. The van der Waals surface area contributed by atoms with E-state index in [-0.39, 0.29) is 5.41 Å². The molecule has 0 spiro atoms. The maximum atomic E-state index is 4.74. The highest BCUT2D eigenvalue weighted by Gasteiger charge is 2.34. The average Bonchev–Trinajstić information content (AvgIpc) is 2.60. The molecular weight excluding hydrogens is 218 g/mol. The lowest BCUT2D eigenvalue weighted by Crippen LogP contribution is -2.28. The number of hydrogen-bond donors (Lipinski definition) is 0. The van der Waals surface area contributed by atoms with Crippen molar-refractivity contribution in [3.8, 4) is 0 Å². The Hall–Kier alpha value is -0.590. The zero-order valence-corrected chi connectivity index (χ0v) is 13.1. The van der Waals surface area contributed by atoms with E-state index >= 15 is 0 Å². The Morgan fingerprint density at radius 3 is 2.44 bits per heavy atom. The molecule has 1 heteroatoms. The van der Waals surface area contributed by atoms with Gasteiger partial charge in [-0.05, 0) is 30.8 Å². The second-order valence-corrected chi connectivity index (χ2v) is 6.29. The summed E-state index contributed by atoms with van der Waals surface area (Å²) in [4.78, 5) is 4.74. The first-order chi connectivity index (χ1) is 8.54. The van der Waals surface area contributed by atoms with Gasteiger partial charge in [-0.2, -0.15) is 0 Å². The molecule has 0 fully saturated rings. The molecule has 1 rings (SSSR count). The molecular formula is C17H31N. The fourth-order valence-electron chi connectivity index (χ4n) is 3.07. The van der Waals surface area contributed by atoms with Crippen molar-refractivity contribution < 1.29 is 0 Å². The van der Waals surface area contributed by atoms with Gasteiger partial charge in [0.15, 0.2) is 0 Å². The highest BCUT2D eigenvalue weighted by atomic mass is 14.8. The lowest BCUT2D eigenvalue weighted by atomic mass is 9.74. The Kier molecular flexibility index (Phi) is 6.11. The second-order valence-electron chi connectivity index (χ2n) is 6.29. The Morgan fingerprint density at radius 1 is 1.11 bits per heavy atom. The van der Waals surface area contributed by atoms with E-state index in [4.69, 9.17) is 4.99 Å². The van der Waals surface area contributed by atoms with Crippen LogP contribution in [0.1, 0.15) is 79.6 Å². The molecule has 104 valence electrons. The number of rotatable bonds is 8. The number of hydrogen-bond acceptors (Lipinski definition) is 1. The quantitative estimate of drug-likeness (QED) is 0.485. The summed E-state index contributed by atoms with van der Waals surface area (Å²) in [6, 6.07) is 0. The van der Waals surface area contributed by atoms with Crippen LogP contribution in [-0.2, 0) is 0 Å². The average molecular weight is 249 g/mol. The molecule has 0 aromatic heterocycles. The van der Waals surface area contributed by atoms with Crippen LogP contribution in [0.5, 0.6) is 0 Å². The van der Waals surface area contributed by atoms with Crippen LogP contribution in [0.3, 0.4) is 0 Å². The van der Waals surface area contributed by atoms with E-state index in [0.717, 1.165) is 0 Å². The van der Waals surface area contributed by atoms with Crippen LogP contribution in [0.15, 0.2) is 16.8 Å². The number of unbranched alkanes of at least 4 members (excludes halogenated alkanes) is 3. The topological polar surface area (TPSA) is 12.4 Å². The Balaban J connectivity index is 2.51. The van der Waals surface area contributed by atoms with E-state index in [0.29, 0.717) is 5.92 Å². The summed E-state index contributed by atoms with van der Waals surface area (Å²) in [6.45, 7) is 11.6. The molecule has 0 bridgehead atoms. The predicted octanol–water partition coefficient (Wildman–Crippen LogP) is 5.76. The van der Waals surface area contributed by atoms with Crippen LogP contribution >= 0.6 is 0 Å². The van der Waals surface area contributed by atoms with E-state index in [9.17, 15) is 0 Å². The number of nitrogens with zero attached hydrogens (tertiary/aromatic N) is 1. The zero-order chi connectivity index (χ0) is 13.6. The lowest BCUT2D eigenvalue weighted by molar-refractivity contribution is 0.532. The van der Waals surface area contributed by atoms with Gasteiger partial charge in [-0.15, -0.1) is 0 Å². The zero-order valence-electron chi connectivity index (χ0n) is 13.1. The van der Waals surface area contributed by atoms with Gasteiger partial charge in [0, 0.05) is 17.3 Å². The molecule has 1 aliphatic heterocycles. The molecule has 1 aliphatic rings. The fraction of sp³-hybridized carbons (Fsp3) is 0.824. The maximum absolute atomic E-state index is 4.74. The first-order valence-corrected chi connectivity index (χ1v) is 7.81. The first kappa shape index (κ1) is 15.5. The summed E-state index contributed by atoms with van der Waals surface area (Å²) >= 11 is 0. The van der Waals surface area contributed by atoms with Crippen LogP contribution in [0, 0.1) is 11.3 Å². The maximum Gasteiger partial charge on any atom is 0.0304 e. The third-order valence-corrected chi connectivity index (χ3v) is 4.29. The van der Waals surface area contributed by atoms with Gasteiger partial charge in [0.2, 0.25) is 0 Å². The summed E-state index contributed by atoms with van der Waals surface area (Å²) in [7, 11) is 0. The molecule has 0 amide bonds. The van der Waals surface area contributed by atoms with Gasteiger partial charge < -0.3 is 0 Å². The van der Waals surface area contributed by atoms with Crippen molar-refractivity contribution in [2.24, 2.45) is 16.3 Å². The van der Waals surface area contributed by atoms with E-state index in [2.05, 4.69) is 40.8 Å². The van der Waals surface area contributed by atoms with Gasteiger partial charge in [-0.3, -0.25) is 4.99 Å². The number of allylic oxidation sites excluding steroid dienone is 1. The van der Waals surface area contributed by atoms with Crippen molar-refractivity contribution in [3.05, 3.63) is 11.8 Å². The second kappa shape index (κ2) is 7.11. The summed E-state index contributed by atoms with van der Waals surface area (Å²) < 4.78 is 0. The van der Waals surface area contributed by atoms with Gasteiger partial charge in [0.1, 0.15) is 0 Å². The summed E-state index contributed by atoms with van der Waals surface area (Å²) in [5, 5.41) is 0. The molecule has 1 atom stereocenters. The summed E-state index contributed by atoms with van der Waals surface area (Å²) in [6.07, 6.45) is 11.3. The van der Waals surface area contributed by atoms with Crippen LogP contribution in [-0.4, -0.2) is 5.71 Å². The monoisotopic (exact) mass is 249 g/mol. The van der Waals surface area contributed by atoms with Crippen molar-refractivity contribution in [2.75, 3.05) is 0 Å². The molecule has 0 N–H and O–H groups in total. The lowest BCUT2D eigenvalue weighted by Gasteiger charge is -2.29. The van der Waals surface area contributed by atoms with E-state index in [1.807, 2.05) is 0 Å². The molecule has 1 unspecified atom stereocenters. The SMILES string of the molecule is CCCCCCC1=CN=C(C(C)CCC)C1(C)C. The third-order valence-electron chi connectivity index (χ3n) is 4.29. The largest absolute Gasteiger partial charge is 0.265 e. The fourth-order valence-corrected chi connectivity index (χ4v) is 3.07. The van der Waals surface area contributed by atoms with Crippen LogP contribution in [0.2, 0.25) is 0 Å². The third kappa shape index (κ3) is 3.70. The van der Waals surface area contributed by atoms with Crippen LogP contribution < -0.4 is 0 Å². The smallest absolute Gasteiger partial charge is 0.0304 e.